The molecule has 0 saturated carbocycles. The molecule has 2 aromatic carbocycles. The van der Waals surface area contributed by atoms with Gasteiger partial charge in [-0.05, 0) is 41.5 Å². The highest BCUT2D eigenvalue weighted by atomic mass is 32.2. The molecule has 13 nitrogen and oxygen atoms in total. The zero-order valence-corrected chi connectivity index (χ0v) is 30.7. The molecule has 1 aliphatic heterocycles. The number of rotatable bonds is 18. The number of nitrogens with one attached hydrogen (secondary N) is 1. The molecule has 0 bridgehead atoms. The highest BCUT2D eigenvalue weighted by molar-refractivity contribution is 7.89. The number of nitrogens with zero attached hydrogens (tertiary/aromatic N) is 5. The largest absolute Gasteiger partial charge is 0.411 e. The van der Waals surface area contributed by atoms with Crippen molar-refractivity contribution in [2.24, 2.45) is 22.7 Å². The van der Waals surface area contributed by atoms with Crippen molar-refractivity contribution >= 4 is 39.5 Å². The normalized spacial score (nSPS) is 16.4. The highest BCUT2D eigenvalue weighted by Crippen LogP contribution is 2.25. The summed E-state index contributed by atoms with van der Waals surface area (Å²) in [6.07, 6.45) is 0.588. The summed E-state index contributed by atoms with van der Waals surface area (Å²) in [5, 5.41) is 29.3. The number of aromatic nitrogens is 1. The molecule has 1 aliphatic rings. The molecule has 50 heavy (non-hydrogen) atoms. The third-order valence-electron chi connectivity index (χ3n) is 8.78. The Balaban J connectivity index is 1.58. The summed E-state index contributed by atoms with van der Waals surface area (Å²) in [5.74, 6) is -0.658. The number of amides is 3. The van der Waals surface area contributed by atoms with Crippen LogP contribution < -0.4 is 11.1 Å². The van der Waals surface area contributed by atoms with E-state index in [1.807, 2.05) is 63.4 Å². The van der Waals surface area contributed by atoms with Gasteiger partial charge in [0.1, 0.15) is 17.3 Å². The summed E-state index contributed by atoms with van der Waals surface area (Å²) < 4.78 is 28.9. The number of aliphatic hydroxyl groups excluding tert-OH is 1. The summed E-state index contributed by atoms with van der Waals surface area (Å²) >= 11 is 1.45. The molecule has 4 rings (SSSR count). The molecule has 3 aromatic rings. The summed E-state index contributed by atoms with van der Waals surface area (Å²) in [4.78, 5) is 35.7. The van der Waals surface area contributed by atoms with Gasteiger partial charge >= 0.3 is 6.03 Å². The molecule has 272 valence electrons. The smallest absolute Gasteiger partial charge is 0.321 e. The number of benzene rings is 2. The van der Waals surface area contributed by atoms with Crippen molar-refractivity contribution in [3.05, 3.63) is 81.8 Å². The molecule has 3 amide bonds. The van der Waals surface area contributed by atoms with Gasteiger partial charge < -0.3 is 31.2 Å². The fourth-order valence-electron chi connectivity index (χ4n) is 6.07. The summed E-state index contributed by atoms with van der Waals surface area (Å²) in [5.41, 5.74) is 7.87. The average Bonchev–Trinajstić information content (AvgIpc) is 3.70. The number of sulfonamides is 1. The second kappa shape index (κ2) is 17.9. The van der Waals surface area contributed by atoms with Gasteiger partial charge in [-0.2, -0.15) is 4.31 Å². The second-order valence-corrected chi connectivity index (χ2v) is 15.9. The van der Waals surface area contributed by atoms with E-state index in [-0.39, 0.29) is 41.6 Å². The molecule has 4 atom stereocenters. The Hall–Kier alpha value is -3.89. The lowest BCUT2D eigenvalue weighted by Gasteiger charge is -2.34. The maximum atomic E-state index is 14.2. The van der Waals surface area contributed by atoms with Crippen molar-refractivity contribution in [1.82, 2.24) is 24.4 Å². The number of carbonyl (C=O) groups is 2. The van der Waals surface area contributed by atoms with Crippen molar-refractivity contribution < 1.29 is 28.3 Å². The zero-order chi connectivity index (χ0) is 36.4. The van der Waals surface area contributed by atoms with E-state index in [1.54, 1.807) is 9.80 Å². The average molecular weight is 728 g/mol. The second-order valence-electron chi connectivity index (χ2n) is 13.1. The van der Waals surface area contributed by atoms with Gasteiger partial charge in [0.05, 0.1) is 23.3 Å². The minimum atomic E-state index is -4.17. The van der Waals surface area contributed by atoms with Crippen LogP contribution in [-0.2, 0) is 34.3 Å². The number of hydrogen-bond donors (Lipinski definition) is 4. The zero-order valence-electron chi connectivity index (χ0n) is 29.1. The molecule has 1 unspecified atom stereocenters. The van der Waals surface area contributed by atoms with Crippen LogP contribution in [0.5, 0.6) is 0 Å². The molecule has 1 saturated heterocycles. The maximum Gasteiger partial charge on any atom is 0.321 e. The summed E-state index contributed by atoms with van der Waals surface area (Å²) in [6, 6.07) is 13.6. The first-order chi connectivity index (χ1) is 23.9. The minimum absolute atomic E-state index is 0.0261. The predicted octanol–water partition coefficient (Wildman–Crippen LogP) is 3.85. The SMILES string of the molecule is CC[C@H](C)[C@@H](C(=O)N[C@@H](Cc1ccccc1)CC(O)N(CC(C)C)S(=O)(=O)c1ccc(C=NO)cc1)N1CCN(Cc2csc(CN)n2)C1=O. The van der Waals surface area contributed by atoms with Crippen molar-refractivity contribution in [3.8, 4) is 0 Å². The van der Waals surface area contributed by atoms with Crippen LogP contribution in [0.3, 0.4) is 0 Å². The Kier molecular flexibility index (Phi) is 13.9. The van der Waals surface area contributed by atoms with Gasteiger partial charge in [-0.1, -0.05) is 81.7 Å². The first kappa shape index (κ1) is 38.9. The fraction of sp³-hybridized carbons (Fsp3) is 0.486. The highest BCUT2D eigenvalue weighted by Gasteiger charge is 2.41. The van der Waals surface area contributed by atoms with E-state index in [2.05, 4.69) is 15.5 Å². The molecule has 0 aliphatic carbocycles. The number of urea groups is 1. The van der Waals surface area contributed by atoms with Crippen molar-refractivity contribution in [2.45, 2.75) is 83.3 Å². The summed E-state index contributed by atoms with van der Waals surface area (Å²) in [7, 11) is -4.17. The Morgan fingerprint density at radius 3 is 2.44 bits per heavy atom. The van der Waals surface area contributed by atoms with Gasteiger partial charge in [0.25, 0.3) is 0 Å². The van der Waals surface area contributed by atoms with Gasteiger partial charge in [-0.15, -0.1) is 11.3 Å². The van der Waals surface area contributed by atoms with E-state index in [1.165, 1.54) is 41.8 Å². The number of thiazole rings is 1. The van der Waals surface area contributed by atoms with Gasteiger partial charge in [0.15, 0.2) is 0 Å². The van der Waals surface area contributed by atoms with Gasteiger partial charge in [0, 0.05) is 44.0 Å². The van der Waals surface area contributed by atoms with Crippen molar-refractivity contribution in [3.63, 3.8) is 0 Å². The molecule has 1 aromatic heterocycles. The number of oxime groups is 1. The number of hydrogen-bond acceptors (Lipinski definition) is 10. The number of aliphatic hydroxyl groups is 1. The third-order valence-corrected chi connectivity index (χ3v) is 11.6. The molecule has 5 N–H and O–H groups in total. The van der Waals surface area contributed by atoms with E-state index in [9.17, 15) is 23.1 Å². The molecule has 0 radical (unpaired) electrons. The predicted molar refractivity (Wildman–Crippen MR) is 193 cm³/mol. The fourth-order valence-corrected chi connectivity index (χ4v) is 8.38. The Morgan fingerprint density at radius 2 is 1.84 bits per heavy atom. The lowest BCUT2D eigenvalue weighted by Crippen LogP contribution is -2.55. The number of carbonyl (C=O) groups excluding carboxylic acids is 2. The first-order valence-corrected chi connectivity index (χ1v) is 19.2. The van der Waals surface area contributed by atoms with E-state index >= 15 is 0 Å². The molecular formula is C35H49N7O6S2. The topological polar surface area (TPSA) is 182 Å². The van der Waals surface area contributed by atoms with Crippen LogP contribution in [0.2, 0.25) is 0 Å². The summed E-state index contributed by atoms with van der Waals surface area (Å²) in [6.45, 7) is 9.11. The Labute approximate surface area is 298 Å². The standard InChI is InChI=1S/C35H49N7O6S2/c1-5-25(4)33(41-16-15-40(35(41)45)22-29-23-49-31(19-36)38-29)34(44)39-28(17-26-9-7-6-8-10-26)18-32(43)42(21-24(2)3)50(47,48)30-13-11-27(12-14-30)20-37-46/h6-14,20,23-25,28,32-33,43,46H,5,15-19,21-22,36H2,1-4H3,(H,39,44)/t25-,28-,32?,33-/m0/s1. The van der Waals surface area contributed by atoms with Gasteiger partial charge in [-0.3, -0.25) is 4.79 Å². The van der Waals surface area contributed by atoms with Gasteiger partial charge in [0.2, 0.25) is 15.9 Å². The van der Waals surface area contributed by atoms with Gasteiger partial charge in [-0.25, -0.2) is 18.2 Å². The van der Waals surface area contributed by atoms with E-state index in [0.717, 1.165) is 20.6 Å². The maximum absolute atomic E-state index is 14.2. The Bertz CT molecular complexity index is 1680. The van der Waals surface area contributed by atoms with Crippen LogP contribution in [0.4, 0.5) is 4.79 Å². The Morgan fingerprint density at radius 1 is 1.14 bits per heavy atom. The van der Waals surface area contributed by atoms with E-state index < -0.39 is 28.3 Å². The van der Waals surface area contributed by atoms with E-state index in [4.69, 9.17) is 10.9 Å². The first-order valence-electron chi connectivity index (χ1n) is 16.9. The minimum Gasteiger partial charge on any atom is -0.411 e. The van der Waals surface area contributed by atoms with Crippen LogP contribution >= 0.6 is 11.3 Å². The molecule has 15 heteroatoms. The van der Waals surface area contributed by atoms with Crippen LogP contribution in [-0.4, -0.2) is 93.9 Å². The quantitative estimate of drug-likeness (QED) is 0.0660. The third kappa shape index (κ3) is 9.88. The van der Waals surface area contributed by atoms with Crippen molar-refractivity contribution in [2.75, 3.05) is 19.6 Å². The van der Waals surface area contributed by atoms with Crippen LogP contribution in [0.15, 0.2) is 70.0 Å². The molecule has 0 spiro atoms. The number of nitrogens with two attached hydrogens (primary N) is 1. The molecule has 1 fully saturated rings. The van der Waals surface area contributed by atoms with Crippen LogP contribution in [0, 0.1) is 11.8 Å². The molecular weight excluding hydrogens is 679 g/mol. The molecule has 2 heterocycles. The van der Waals surface area contributed by atoms with Crippen LogP contribution in [0.1, 0.15) is 62.4 Å². The van der Waals surface area contributed by atoms with E-state index in [0.29, 0.717) is 44.6 Å². The lowest BCUT2D eigenvalue weighted by atomic mass is 9.95. The monoisotopic (exact) mass is 727 g/mol. The lowest BCUT2D eigenvalue weighted by molar-refractivity contribution is -0.128. The van der Waals surface area contributed by atoms with Crippen molar-refractivity contribution in [1.29, 1.82) is 0 Å². The van der Waals surface area contributed by atoms with Crippen LogP contribution in [0.25, 0.3) is 0 Å².